The number of benzene rings is 1. The van der Waals surface area contributed by atoms with Gasteiger partial charge in [-0.2, -0.15) is 0 Å². The van der Waals surface area contributed by atoms with Crippen LogP contribution in [0.2, 0.25) is 0 Å². The van der Waals surface area contributed by atoms with Gasteiger partial charge in [-0.25, -0.2) is 4.39 Å². The van der Waals surface area contributed by atoms with Crippen molar-refractivity contribution in [2.45, 2.75) is 18.9 Å². The van der Waals surface area contributed by atoms with Gasteiger partial charge >= 0.3 is 0 Å². The van der Waals surface area contributed by atoms with E-state index in [2.05, 4.69) is 0 Å². The number of halogens is 1. The van der Waals surface area contributed by atoms with Crippen molar-refractivity contribution in [1.29, 1.82) is 0 Å². The summed E-state index contributed by atoms with van der Waals surface area (Å²) in [6.07, 6.45) is 1.66. The van der Waals surface area contributed by atoms with Crippen molar-refractivity contribution in [1.82, 2.24) is 4.90 Å². The topological polar surface area (TPSA) is 49.8 Å². The van der Waals surface area contributed by atoms with Gasteiger partial charge in [0.2, 0.25) is 0 Å². The summed E-state index contributed by atoms with van der Waals surface area (Å²) in [5.41, 5.74) is 0.286. The van der Waals surface area contributed by atoms with Gasteiger partial charge in [-0.3, -0.25) is 4.79 Å². The zero-order chi connectivity index (χ0) is 13.1. The van der Waals surface area contributed by atoms with Gasteiger partial charge in [-0.05, 0) is 31.0 Å². The first kappa shape index (κ1) is 12.8. The van der Waals surface area contributed by atoms with Gasteiger partial charge in [0, 0.05) is 12.1 Å². The Hall–Kier alpha value is -1.62. The van der Waals surface area contributed by atoms with Crippen molar-refractivity contribution in [2.24, 2.45) is 0 Å². The number of nitrogens with zero attached hydrogens (tertiary/aromatic N) is 1. The SMILES string of the molecule is COc1ccc(C(=O)N2CCC[C@@H]2CO)cc1F. The molecule has 0 bridgehead atoms. The van der Waals surface area contributed by atoms with Gasteiger partial charge in [-0.1, -0.05) is 0 Å². The minimum atomic E-state index is -0.553. The number of carbonyl (C=O) groups excluding carboxylic acids is 1. The lowest BCUT2D eigenvalue weighted by atomic mass is 10.1. The number of likely N-dealkylation sites (tertiary alicyclic amines) is 1. The molecule has 18 heavy (non-hydrogen) atoms. The highest BCUT2D eigenvalue weighted by molar-refractivity contribution is 5.94. The Bertz CT molecular complexity index is 450. The lowest BCUT2D eigenvalue weighted by Gasteiger charge is -2.23. The molecular formula is C13H16FNO3. The minimum absolute atomic E-state index is 0.0512. The standard InChI is InChI=1S/C13H16FNO3/c1-18-12-5-4-9(7-11(12)14)13(17)15-6-2-3-10(15)8-16/h4-5,7,10,16H,2-3,6,8H2,1H3/t10-/m1/s1. The molecular weight excluding hydrogens is 237 g/mol. The lowest BCUT2D eigenvalue weighted by Crippen LogP contribution is -2.37. The number of methoxy groups -OCH3 is 1. The number of aliphatic hydroxyl groups is 1. The summed E-state index contributed by atoms with van der Waals surface area (Å²) in [7, 11) is 1.38. The average Bonchev–Trinajstić information content (AvgIpc) is 2.86. The first-order valence-corrected chi connectivity index (χ1v) is 5.92. The van der Waals surface area contributed by atoms with E-state index in [9.17, 15) is 14.3 Å². The summed E-state index contributed by atoms with van der Waals surface area (Å²) in [4.78, 5) is 13.8. The van der Waals surface area contributed by atoms with Gasteiger partial charge in [0.1, 0.15) is 0 Å². The third-order valence-electron chi connectivity index (χ3n) is 3.25. The number of amides is 1. The van der Waals surface area contributed by atoms with Gasteiger partial charge in [0.15, 0.2) is 11.6 Å². The first-order valence-electron chi connectivity index (χ1n) is 5.92. The molecule has 5 heteroatoms. The van der Waals surface area contributed by atoms with E-state index in [-0.39, 0.29) is 29.9 Å². The molecule has 98 valence electrons. The van der Waals surface area contributed by atoms with Crippen molar-refractivity contribution in [2.75, 3.05) is 20.3 Å². The van der Waals surface area contributed by atoms with E-state index in [1.54, 1.807) is 4.90 Å². The highest BCUT2D eigenvalue weighted by Gasteiger charge is 2.29. The number of carbonyl (C=O) groups is 1. The van der Waals surface area contributed by atoms with Crippen molar-refractivity contribution in [3.05, 3.63) is 29.6 Å². The zero-order valence-corrected chi connectivity index (χ0v) is 10.2. The molecule has 0 aliphatic carbocycles. The van der Waals surface area contributed by atoms with Crippen LogP contribution < -0.4 is 4.74 Å². The van der Waals surface area contributed by atoms with E-state index in [0.717, 1.165) is 12.8 Å². The molecule has 1 fully saturated rings. The summed E-state index contributed by atoms with van der Waals surface area (Å²) < 4.78 is 18.3. The van der Waals surface area contributed by atoms with Crippen LogP contribution in [0, 0.1) is 5.82 Å². The predicted molar refractivity (Wildman–Crippen MR) is 64.1 cm³/mol. The second kappa shape index (κ2) is 5.35. The third-order valence-corrected chi connectivity index (χ3v) is 3.25. The molecule has 4 nitrogen and oxygen atoms in total. The second-order valence-electron chi connectivity index (χ2n) is 4.33. The van der Waals surface area contributed by atoms with E-state index >= 15 is 0 Å². The molecule has 1 amide bonds. The van der Waals surface area contributed by atoms with E-state index < -0.39 is 5.82 Å². The molecule has 0 spiro atoms. The molecule has 1 saturated heterocycles. The van der Waals surface area contributed by atoms with Gasteiger partial charge in [0.05, 0.1) is 19.8 Å². The zero-order valence-electron chi connectivity index (χ0n) is 10.2. The van der Waals surface area contributed by atoms with Crippen molar-refractivity contribution in [3.8, 4) is 5.75 Å². The molecule has 0 unspecified atom stereocenters. The predicted octanol–water partition coefficient (Wildman–Crippen LogP) is 1.43. The Kier molecular flexibility index (Phi) is 3.81. The fraction of sp³-hybridized carbons (Fsp3) is 0.462. The molecule has 1 aliphatic rings. The number of aliphatic hydroxyl groups excluding tert-OH is 1. The van der Waals surface area contributed by atoms with E-state index in [4.69, 9.17) is 4.74 Å². The molecule has 1 aliphatic heterocycles. The molecule has 0 saturated carbocycles. The number of rotatable bonds is 3. The van der Waals surface area contributed by atoms with Crippen LogP contribution >= 0.6 is 0 Å². The fourth-order valence-corrected chi connectivity index (χ4v) is 2.26. The number of ether oxygens (including phenoxy) is 1. The van der Waals surface area contributed by atoms with Gasteiger partial charge in [0.25, 0.3) is 5.91 Å². The van der Waals surface area contributed by atoms with E-state index in [1.807, 2.05) is 0 Å². The molecule has 0 aromatic heterocycles. The van der Waals surface area contributed by atoms with E-state index in [1.165, 1.54) is 25.3 Å². The molecule has 1 aromatic rings. The highest BCUT2D eigenvalue weighted by atomic mass is 19.1. The monoisotopic (exact) mass is 253 g/mol. The molecule has 1 atom stereocenters. The summed E-state index contributed by atoms with van der Waals surface area (Å²) >= 11 is 0. The Labute approximate surface area is 105 Å². The molecule has 0 radical (unpaired) electrons. The second-order valence-corrected chi connectivity index (χ2v) is 4.33. The third kappa shape index (κ3) is 2.31. The Morgan fingerprint density at radius 3 is 3.00 bits per heavy atom. The molecule has 1 heterocycles. The van der Waals surface area contributed by atoms with Gasteiger partial charge < -0.3 is 14.7 Å². The number of hydrogen-bond donors (Lipinski definition) is 1. The van der Waals surface area contributed by atoms with Crippen LogP contribution in [0.4, 0.5) is 4.39 Å². The summed E-state index contributed by atoms with van der Waals surface area (Å²) in [5, 5.41) is 9.18. The van der Waals surface area contributed by atoms with Crippen molar-refractivity contribution in [3.63, 3.8) is 0 Å². The van der Waals surface area contributed by atoms with Crippen LogP contribution in [0.25, 0.3) is 0 Å². The summed E-state index contributed by atoms with van der Waals surface area (Å²) in [6.45, 7) is 0.558. The normalized spacial score (nSPS) is 19.1. The van der Waals surface area contributed by atoms with E-state index in [0.29, 0.717) is 6.54 Å². The molecule has 1 aromatic carbocycles. The average molecular weight is 253 g/mol. The van der Waals surface area contributed by atoms with Crippen LogP contribution in [0.1, 0.15) is 23.2 Å². The van der Waals surface area contributed by atoms with Crippen LogP contribution in [0.5, 0.6) is 5.75 Å². The largest absolute Gasteiger partial charge is 0.494 e. The highest BCUT2D eigenvalue weighted by Crippen LogP contribution is 2.22. The lowest BCUT2D eigenvalue weighted by molar-refractivity contribution is 0.0677. The van der Waals surface area contributed by atoms with Crippen molar-refractivity contribution >= 4 is 5.91 Å². The van der Waals surface area contributed by atoms with Crippen LogP contribution in [-0.4, -0.2) is 42.2 Å². The maximum Gasteiger partial charge on any atom is 0.254 e. The van der Waals surface area contributed by atoms with Gasteiger partial charge in [-0.15, -0.1) is 0 Å². The summed E-state index contributed by atoms with van der Waals surface area (Å²) in [5.74, 6) is -0.678. The minimum Gasteiger partial charge on any atom is -0.494 e. The van der Waals surface area contributed by atoms with Crippen molar-refractivity contribution < 1.29 is 19.0 Å². The Morgan fingerprint density at radius 2 is 2.39 bits per heavy atom. The summed E-state index contributed by atoms with van der Waals surface area (Å²) in [6, 6.07) is 4.00. The molecule has 1 N–H and O–H groups in total. The smallest absolute Gasteiger partial charge is 0.254 e. The molecule has 2 rings (SSSR count). The maximum absolute atomic E-state index is 13.5. The van der Waals surface area contributed by atoms with Crippen LogP contribution in [0.15, 0.2) is 18.2 Å². The van der Waals surface area contributed by atoms with Crippen LogP contribution in [-0.2, 0) is 0 Å². The van der Waals surface area contributed by atoms with Crippen LogP contribution in [0.3, 0.4) is 0 Å². The quantitative estimate of drug-likeness (QED) is 0.886. The Balaban J connectivity index is 2.21. The first-order chi connectivity index (χ1) is 8.67. The maximum atomic E-state index is 13.5. The fourth-order valence-electron chi connectivity index (χ4n) is 2.26. The number of hydrogen-bond acceptors (Lipinski definition) is 3. The Morgan fingerprint density at radius 1 is 1.61 bits per heavy atom.